The predicted octanol–water partition coefficient (Wildman–Crippen LogP) is 4.51. The summed E-state index contributed by atoms with van der Waals surface area (Å²) in [6, 6.07) is 3.89. The molecule has 0 amide bonds. The fraction of sp³-hybridized carbons (Fsp3) is 0.385. The summed E-state index contributed by atoms with van der Waals surface area (Å²) in [6.45, 7) is 1.99. The molecule has 0 aliphatic heterocycles. The van der Waals surface area contributed by atoms with E-state index >= 15 is 0 Å². The molecule has 4 heteroatoms. The van der Waals surface area contributed by atoms with Gasteiger partial charge in [0.05, 0.1) is 10.5 Å². The lowest BCUT2D eigenvalue weighted by Crippen LogP contribution is -2.12. The van der Waals surface area contributed by atoms with Crippen molar-refractivity contribution in [2.75, 3.05) is 0 Å². The summed E-state index contributed by atoms with van der Waals surface area (Å²) in [5, 5.41) is 2.02. The Morgan fingerprint density at radius 3 is 2.59 bits per heavy atom. The minimum absolute atomic E-state index is 0.467. The van der Waals surface area contributed by atoms with Crippen LogP contribution in [0, 0.1) is 6.92 Å². The number of rotatable bonds is 1. The van der Waals surface area contributed by atoms with E-state index in [4.69, 9.17) is 23.2 Å². The van der Waals surface area contributed by atoms with Gasteiger partial charge in [0.15, 0.2) is 0 Å². The average molecular weight is 267 g/mol. The number of nitrogens with zero attached hydrogens (tertiary/aromatic N) is 2. The molecule has 0 atom stereocenters. The van der Waals surface area contributed by atoms with Gasteiger partial charge in [0, 0.05) is 11.3 Å². The lowest BCUT2D eigenvalue weighted by molar-refractivity contribution is 0.402. The second-order valence-electron chi connectivity index (χ2n) is 4.64. The molecule has 2 nitrogen and oxygen atoms in total. The third-order valence-electron chi connectivity index (χ3n) is 3.34. The average Bonchev–Trinajstić information content (AvgIpc) is 2.17. The summed E-state index contributed by atoms with van der Waals surface area (Å²) in [4.78, 5) is 8.97. The Bertz CT molecular complexity index is 591. The molecule has 0 saturated heterocycles. The summed E-state index contributed by atoms with van der Waals surface area (Å²) in [5.74, 6) is 1.31. The summed E-state index contributed by atoms with van der Waals surface area (Å²) in [6.07, 6.45) is 3.57. The zero-order valence-corrected chi connectivity index (χ0v) is 11.0. The first-order chi connectivity index (χ1) is 8.15. The predicted molar refractivity (Wildman–Crippen MR) is 70.9 cm³/mol. The molecule has 1 saturated carbocycles. The molecule has 17 heavy (non-hydrogen) atoms. The van der Waals surface area contributed by atoms with Crippen molar-refractivity contribution < 1.29 is 0 Å². The molecule has 1 aliphatic carbocycles. The monoisotopic (exact) mass is 266 g/mol. The van der Waals surface area contributed by atoms with E-state index in [1.54, 1.807) is 0 Å². The van der Waals surface area contributed by atoms with E-state index in [1.165, 1.54) is 6.42 Å². The first-order valence-corrected chi connectivity index (χ1v) is 6.54. The molecule has 88 valence electrons. The molecule has 1 heterocycles. The van der Waals surface area contributed by atoms with Gasteiger partial charge in [-0.2, -0.15) is 0 Å². The van der Waals surface area contributed by atoms with Crippen LogP contribution in [-0.4, -0.2) is 9.97 Å². The zero-order valence-electron chi connectivity index (χ0n) is 9.50. The third kappa shape index (κ3) is 1.90. The van der Waals surface area contributed by atoms with Crippen molar-refractivity contribution in [1.29, 1.82) is 0 Å². The van der Waals surface area contributed by atoms with E-state index in [9.17, 15) is 0 Å². The van der Waals surface area contributed by atoms with Gasteiger partial charge in [-0.25, -0.2) is 9.97 Å². The highest BCUT2D eigenvalue weighted by molar-refractivity contribution is 6.38. The zero-order chi connectivity index (χ0) is 12.0. The van der Waals surface area contributed by atoms with Crippen LogP contribution in [0.25, 0.3) is 10.9 Å². The van der Waals surface area contributed by atoms with E-state index < -0.39 is 0 Å². The highest BCUT2D eigenvalue weighted by Crippen LogP contribution is 2.37. The molecular weight excluding hydrogens is 255 g/mol. The van der Waals surface area contributed by atoms with Crippen molar-refractivity contribution in [3.63, 3.8) is 0 Å². The molecule has 0 bridgehead atoms. The quantitative estimate of drug-likeness (QED) is 0.710. The number of benzene rings is 1. The molecule has 3 rings (SSSR count). The SMILES string of the molecule is Cc1cc(Cl)c2nc(C3CCC3)nc(Cl)c2c1. The van der Waals surface area contributed by atoms with E-state index in [-0.39, 0.29) is 0 Å². The van der Waals surface area contributed by atoms with Gasteiger partial charge in [-0.05, 0) is 37.5 Å². The van der Waals surface area contributed by atoms with Crippen LogP contribution < -0.4 is 0 Å². The summed E-state index contributed by atoms with van der Waals surface area (Å²) < 4.78 is 0. The molecule has 1 fully saturated rings. The minimum Gasteiger partial charge on any atom is -0.231 e. The van der Waals surface area contributed by atoms with Crippen LogP contribution in [0.15, 0.2) is 12.1 Å². The van der Waals surface area contributed by atoms with Gasteiger partial charge < -0.3 is 0 Å². The molecule has 2 aromatic rings. The minimum atomic E-state index is 0.467. The van der Waals surface area contributed by atoms with Crippen LogP contribution in [0.3, 0.4) is 0 Å². The molecule has 0 unspecified atom stereocenters. The number of aromatic nitrogens is 2. The fourth-order valence-electron chi connectivity index (χ4n) is 2.15. The van der Waals surface area contributed by atoms with Crippen molar-refractivity contribution in [2.45, 2.75) is 32.1 Å². The van der Waals surface area contributed by atoms with Crippen molar-refractivity contribution in [3.05, 3.63) is 33.7 Å². The summed E-state index contributed by atoms with van der Waals surface area (Å²) in [7, 11) is 0. The second-order valence-corrected chi connectivity index (χ2v) is 5.41. The number of halogens is 2. The fourth-order valence-corrected chi connectivity index (χ4v) is 2.70. The lowest BCUT2D eigenvalue weighted by Gasteiger charge is -2.24. The maximum atomic E-state index is 6.22. The van der Waals surface area contributed by atoms with Crippen molar-refractivity contribution in [1.82, 2.24) is 9.97 Å². The number of hydrogen-bond donors (Lipinski definition) is 0. The number of hydrogen-bond acceptors (Lipinski definition) is 2. The summed E-state index contributed by atoms with van der Waals surface area (Å²) in [5.41, 5.74) is 1.85. The smallest absolute Gasteiger partial charge is 0.140 e. The van der Waals surface area contributed by atoms with E-state index in [0.717, 1.165) is 35.1 Å². The van der Waals surface area contributed by atoms with Gasteiger partial charge >= 0.3 is 0 Å². The molecule has 1 aromatic heterocycles. The number of aryl methyl sites for hydroxylation is 1. The molecule has 1 aromatic carbocycles. The Morgan fingerprint density at radius 2 is 1.94 bits per heavy atom. The second kappa shape index (κ2) is 4.11. The van der Waals surface area contributed by atoms with Gasteiger partial charge in [-0.15, -0.1) is 0 Å². The highest BCUT2D eigenvalue weighted by atomic mass is 35.5. The first-order valence-electron chi connectivity index (χ1n) is 5.78. The van der Waals surface area contributed by atoms with Gasteiger partial charge in [0.2, 0.25) is 0 Å². The Kier molecular flexibility index (Phi) is 2.72. The van der Waals surface area contributed by atoms with Crippen molar-refractivity contribution >= 4 is 34.1 Å². The Hall–Kier alpha value is -0.860. The van der Waals surface area contributed by atoms with E-state index in [1.807, 2.05) is 19.1 Å². The lowest BCUT2D eigenvalue weighted by atomic mass is 9.85. The molecular formula is C13H12Cl2N2. The standard InChI is InChI=1S/C13H12Cl2N2/c1-7-5-9-11(10(14)6-7)16-13(17-12(9)15)8-3-2-4-8/h5-6,8H,2-4H2,1H3. The Balaban J connectivity index is 2.24. The Morgan fingerprint density at radius 1 is 1.18 bits per heavy atom. The van der Waals surface area contributed by atoms with Gasteiger partial charge in [0.1, 0.15) is 11.0 Å². The number of fused-ring (bicyclic) bond motifs is 1. The third-order valence-corrected chi connectivity index (χ3v) is 3.92. The normalized spacial score (nSPS) is 16.2. The highest BCUT2D eigenvalue weighted by Gasteiger charge is 2.23. The largest absolute Gasteiger partial charge is 0.231 e. The maximum Gasteiger partial charge on any atom is 0.140 e. The van der Waals surface area contributed by atoms with Crippen molar-refractivity contribution in [3.8, 4) is 0 Å². The topological polar surface area (TPSA) is 25.8 Å². The van der Waals surface area contributed by atoms with Crippen LogP contribution in [0.5, 0.6) is 0 Å². The van der Waals surface area contributed by atoms with Crippen LogP contribution in [0.4, 0.5) is 0 Å². The van der Waals surface area contributed by atoms with Crippen LogP contribution in [-0.2, 0) is 0 Å². The molecule has 0 N–H and O–H groups in total. The van der Waals surface area contributed by atoms with Crippen LogP contribution >= 0.6 is 23.2 Å². The van der Waals surface area contributed by atoms with Crippen molar-refractivity contribution in [2.24, 2.45) is 0 Å². The van der Waals surface area contributed by atoms with E-state index in [0.29, 0.717) is 16.1 Å². The van der Waals surface area contributed by atoms with Gasteiger partial charge in [0.25, 0.3) is 0 Å². The Labute approximate surface area is 110 Å². The molecule has 0 radical (unpaired) electrons. The maximum absolute atomic E-state index is 6.22. The first kappa shape index (κ1) is 11.2. The van der Waals surface area contributed by atoms with Crippen LogP contribution in [0.2, 0.25) is 10.2 Å². The van der Waals surface area contributed by atoms with E-state index in [2.05, 4.69) is 9.97 Å². The molecule has 0 spiro atoms. The molecule has 1 aliphatic rings. The van der Waals surface area contributed by atoms with Gasteiger partial charge in [-0.3, -0.25) is 0 Å². The van der Waals surface area contributed by atoms with Gasteiger partial charge in [-0.1, -0.05) is 29.6 Å². The van der Waals surface area contributed by atoms with Crippen LogP contribution in [0.1, 0.15) is 36.6 Å². The summed E-state index contributed by atoms with van der Waals surface area (Å²) >= 11 is 12.4.